The van der Waals surface area contributed by atoms with Crippen molar-refractivity contribution in [2.75, 3.05) is 30.9 Å². The van der Waals surface area contributed by atoms with E-state index in [9.17, 15) is 0 Å². The molecule has 1 unspecified atom stereocenters. The number of hydrogen-bond donors (Lipinski definition) is 1. The van der Waals surface area contributed by atoms with Crippen molar-refractivity contribution in [3.8, 4) is 5.75 Å². The Kier molecular flexibility index (Phi) is 4.32. The van der Waals surface area contributed by atoms with Crippen LogP contribution in [0.25, 0.3) is 0 Å². The lowest BCUT2D eigenvalue weighted by molar-refractivity contribution is 0.246. The first-order chi connectivity index (χ1) is 11.0. The Morgan fingerprint density at radius 1 is 1.22 bits per heavy atom. The number of ether oxygens (including phenoxy) is 1. The summed E-state index contributed by atoms with van der Waals surface area (Å²) >= 11 is 0. The monoisotopic (exact) mass is 313 g/mol. The first kappa shape index (κ1) is 15.5. The lowest BCUT2D eigenvalue weighted by Gasteiger charge is -2.16. The molecular formula is C17H23N5O. The lowest BCUT2D eigenvalue weighted by atomic mass is 10.1. The highest BCUT2D eigenvalue weighted by Gasteiger charge is 2.22. The van der Waals surface area contributed by atoms with Gasteiger partial charge in [-0.25, -0.2) is 0 Å². The minimum atomic E-state index is 0.106. The van der Waals surface area contributed by atoms with Crippen LogP contribution < -0.4 is 15.0 Å². The van der Waals surface area contributed by atoms with Gasteiger partial charge in [-0.3, -0.25) is 0 Å². The van der Waals surface area contributed by atoms with Gasteiger partial charge < -0.3 is 15.0 Å². The summed E-state index contributed by atoms with van der Waals surface area (Å²) in [5, 5.41) is 3.30. The molecule has 2 heterocycles. The zero-order valence-corrected chi connectivity index (χ0v) is 14.1. The summed E-state index contributed by atoms with van der Waals surface area (Å²) in [6.07, 6.45) is 1.01. The van der Waals surface area contributed by atoms with E-state index in [1.807, 2.05) is 37.2 Å². The number of hydrogen-bond acceptors (Lipinski definition) is 6. The molecule has 1 aromatic heterocycles. The zero-order valence-electron chi connectivity index (χ0n) is 14.1. The molecule has 6 heteroatoms. The highest BCUT2D eigenvalue weighted by Crippen LogP contribution is 2.28. The molecule has 0 amide bonds. The molecule has 1 aliphatic rings. The van der Waals surface area contributed by atoms with Crippen LogP contribution in [0.1, 0.15) is 31.2 Å². The van der Waals surface area contributed by atoms with Crippen molar-refractivity contribution in [2.24, 2.45) is 0 Å². The molecule has 122 valence electrons. The minimum Gasteiger partial charge on any atom is -0.488 e. The Bertz CT molecular complexity index is 635. The predicted molar refractivity (Wildman–Crippen MR) is 91.3 cm³/mol. The number of benzene rings is 1. The molecule has 0 bridgehead atoms. The normalized spacial score (nSPS) is 16.1. The van der Waals surface area contributed by atoms with Crippen molar-refractivity contribution < 1.29 is 4.74 Å². The maximum absolute atomic E-state index is 5.94. The second-order valence-electron chi connectivity index (χ2n) is 6.30. The fourth-order valence-corrected chi connectivity index (χ4v) is 2.49. The zero-order chi connectivity index (χ0) is 16.4. The van der Waals surface area contributed by atoms with Gasteiger partial charge in [-0.2, -0.15) is 15.0 Å². The number of nitrogens with one attached hydrogen (secondary N) is 1. The quantitative estimate of drug-likeness (QED) is 0.915. The SMILES string of the molecule is CC(C)c1nc(NCC2Cc3ccccc3O2)nc(N(C)C)n1. The molecular weight excluding hydrogens is 290 g/mol. The van der Waals surface area contributed by atoms with E-state index < -0.39 is 0 Å². The van der Waals surface area contributed by atoms with Crippen molar-refractivity contribution in [1.29, 1.82) is 0 Å². The van der Waals surface area contributed by atoms with Crippen LogP contribution in [-0.4, -0.2) is 41.7 Å². The second kappa shape index (κ2) is 6.40. The Labute approximate surface area is 136 Å². The molecule has 23 heavy (non-hydrogen) atoms. The summed E-state index contributed by atoms with van der Waals surface area (Å²) < 4.78 is 5.94. The summed E-state index contributed by atoms with van der Waals surface area (Å²) in [4.78, 5) is 15.3. The molecule has 0 fully saturated rings. The molecule has 1 aromatic carbocycles. The number of aromatic nitrogens is 3. The van der Waals surface area contributed by atoms with Gasteiger partial charge in [0.25, 0.3) is 0 Å². The summed E-state index contributed by atoms with van der Waals surface area (Å²) in [6.45, 7) is 4.83. The van der Waals surface area contributed by atoms with E-state index in [0.717, 1.165) is 18.0 Å². The first-order valence-electron chi connectivity index (χ1n) is 7.94. The van der Waals surface area contributed by atoms with Gasteiger partial charge in [0.1, 0.15) is 17.7 Å². The van der Waals surface area contributed by atoms with E-state index in [4.69, 9.17) is 4.74 Å². The average molecular weight is 313 g/mol. The Balaban J connectivity index is 1.69. The van der Waals surface area contributed by atoms with Crippen LogP contribution in [0.3, 0.4) is 0 Å². The summed E-state index contributed by atoms with van der Waals surface area (Å²) in [5.41, 5.74) is 1.26. The van der Waals surface area contributed by atoms with Crippen LogP contribution in [-0.2, 0) is 6.42 Å². The van der Waals surface area contributed by atoms with Crippen molar-refractivity contribution in [3.05, 3.63) is 35.7 Å². The van der Waals surface area contributed by atoms with Gasteiger partial charge in [0, 0.05) is 26.4 Å². The predicted octanol–water partition coefficient (Wildman–Crippen LogP) is 2.48. The third-order valence-electron chi connectivity index (χ3n) is 3.76. The largest absolute Gasteiger partial charge is 0.488 e. The van der Waals surface area contributed by atoms with E-state index in [0.29, 0.717) is 18.4 Å². The fraction of sp³-hybridized carbons (Fsp3) is 0.471. The molecule has 3 rings (SSSR count). The number of para-hydroxylation sites is 1. The van der Waals surface area contributed by atoms with Crippen molar-refractivity contribution in [2.45, 2.75) is 32.3 Å². The number of fused-ring (bicyclic) bond motifs is 1. The average Bonchev–Trinajstić information content (AvgIpc) is 2.95. The molecule has 2 aromatic rings. The molecule has 0 saturated heterocycles. The third-order valence-corrected chi connectivity index (χ3v) is 3.76. The standard InChI is InChI=1S/C17H23N5O/c1-11(2)15-19-16(21-17(20-15)22(3)4)18-10-13-9-12-7-5-6-8-14(12)23-13/h5-8,11,13H,9-10H2,1-4H3,(H,18,19,20,21). The molecule has 1 atom stereocenters. The van der Waals surface area contributed by atoms with E-state index in [1.54, 1.807) is 0 Å². The van der Waals surface area contributed by atoms with Gasteiger partial charge in [0.15, 0.2) is 0 Å². The maximum atomic E-state index is 5.94. The minimum absolute atomic E-state index is 0.106. The Hall–Kier alpha value is -2.37. The van der Waals surface area contributed by atoms with Crippen molar-refractivity contribution in [3.63, 3.8) is 0 Å². The Morgan fingerprint density at radius 2 is 2.00 bits per heavy atom. The molecule has 0 saturated carbocycles. The fourth-order valence-electron chi connectivity index (χ4n) is 2.49. The second-order valence-corrected chi connectivity index (χ2v) is 6.30. The summed E-state index contributed by atoms with van der Waals surface area (Å²) in [7, 11) is 3.86. The summed E-state index contributed by atoms with van der Waals surface area (Å²) in [6, 6.07) is 8.17. The van der Waals surface area contributed by atoms with Gasteiger partial charge in [-0.05, 0) is 11.6 Å². The van der Waals surface area contributed by atoms with Gasteiger partial charge in [0.2, 0.25) is 11.9 Å². The van der Waals surface area contributed by atoms with Crippen LogP contribution in [0.4, 0.5) is 11.9 Å². The first-order valence-corrected chi connectivity index (χ1v) is 7.94. The van der Waals surface area contributed by atoms with Crippen LogP contribution >= 0.6 is 0 Å². The van der Waals surface area contributed by atoms with E-state index in [1.165, 1.54) is 5.56 Å². The highest BCUT2D eigenvalue weighted by molar-refractivity contribution is 5.39. The topological polar surface area (TPSA) is 63.2 Å². The van der Waals surface area contributed by atoms with Crippen LogP contribution in [0, 0.1) is 0 Å². The van der Waals surface area contributed by atoms with Gasteiger partial charge in [0.05, 0.1) is 6.54 Å². The third kappa shape index (κ3) is 3.52. The number of nitrogens with zero attached hydrogens (tertiary/aromatic N) is 4. The van der Waals surface area contributed by atoms with Crippen molar-refractivity contribution >= 4 is 11.9 Å². The molecule has 0 radical (unpaired) electrons. The molecule has 0 aliphatic carbocycles. The lowest BCUT2D eigenvalue weighted by Crippen LogP contribution is -2.25. The molecule has 6 nitrogen and oxygen atoms in total. The number of rotatable bonds is 5. The van der Waals surface area contributed by atoms with Crippen LogP contribution in [0.15, 0.2) is 24.3 Å². The summed E-state index contributed by atoms with van der Waals surface area (Å²) in [5.74, 6) is 3.30. The van der Waals surface area contributed by atoms with E-state index >= 15 is 0 Å². The van der Waals surface area contributed by atoms with E-state index in [2.05, 4.69) is 40.2 Å². The highest BCUT2D eigenvalue weighted by atomic mass is 16.5. The molecule has 1 N–H and O–H groups in total. The van der Waals surface area contributed by atoms with Crippen LogP contribution in [0.5, 0.6) is 5.75 Å². The number of anilines is 2. The van der Waals surface area contributed by atoms with Gasteiger partial charge >= 0.3 is 0 Å². The van der Waals surface area contributed by atoms with Gasteiger partial charge in [-0.1, -0.05) is 32.0 Å². The molecule has 1 aliphatic heterocycles. The molecule has 0 spiro atoms. The smallest absolute Gasteiger partial charge is 0.229 e. The van der Waals surface area contributed by atoms with E-state index in [-0.39, 0.29) is 12.0 Å². The Morgan fingerprint density at radius 3 is 2.70 bits per heavy atom. The van der Waals surface area contributed by atoms with Crippen molar-refractivity contribution in [1.82, 2.24) is 15.0 Å². The maximum Gasteiger partial charge on any atom is 0.229 e. The van der Waals surface area contributed by atoms with Gasteiger partial charge in [-0.15, -0.1) is 0 Å². The van der Waals surface area contributed by atoms with Crippen LogP contribution in [0.2, 0.25) is 0 Å².